The van der Waals surface area contributed by atoms with Crippen molar-refractivity contribution in [1.29, 1.82) is 0 Å². The van der Waals surface area contributed by atoms with Crippen molar-refractivity contribution in [2.45, 2.75) is 19.4 Å². The van der Waals surface area contributed by atoms with Gasteiger partial charge in [-0.1, -0.05) is 33.6 Å². The lowest BCUT2D eigenvalue weighted by Gasteiger charge is -2.16. The smallest absolute Gasteiger partial charge is 0.126 e. The van der Waals surface area contributed by atoms with Gasteiger partial charge in [0.1, 0.15) is 11.6 Å². The van der Waals surface area contributed by atoms with Crippen LogP contribution in [-0.4, -0.2) is 6.54 Å². The molecule has 5 heteroatoms. The highest BCUT2D eigenvalue weighted by Gasteiger charge is 2.09. The molecule has 0 aliphatic rings. The maximum absolute atomic E-state index is 13.1. The summed E-state index contributed by atoms with van der Waals surface area (Å²) in [5.41, 5.74) is 1.62. The quantitative estimate of drug-likeness (QED) is 0.751. The van der Waals surface area contributed by atoms with E-state index in [1.54, 1.807) is 0 Å². The van der Waals surface area contributed by atoms with Gasteiger partial charge in [-0.3, -0.25) is 0 Å². The summed E-state index contributed by atoms with van der Waals surface area (Å²) in [7, 11) is 0. The van der Waals surface area contributed by atoms with E-state index in [4.69, 9.17) is 11.6 Å². The van der Waals surface area contributed by atoms with Gasteiger partial charge in [-0.25, -0.2) is 8.78 Å². The predicted octanol–water partition coefficient (Wildman–Crippen LogP) is 5.27. The van der Waals surface area contributed by atoms with Gasteiger partial charge in [-0.2, -0.15) is 0 Å². The van der Waals surface area contributed by atoms with E-state index < -0.39 is 11.6 Å². The van der Waals surface area contributed by atoms with Crippen LogP contribution in [0.2, 0.25) is 5.02 Å². The van der Waals surface area contributed by atoms with Crippen LogP contribution >= 0.6 is 27.5 Å². The van der Waals surface area contributed by atoms with Gasteiger partial charge in [0.15, 0.2) is 0 Å². The summed E-state index contributed by atoms with van der Waals surface area (Å²) in [4.78, 5) is 0. The summed E-state index contributed by atoms with van der Waals surface area (Å²) in [5, 5.41) is 3.98. The molecule has 0 heterocycles. The number of nitrogens with one attached hydrogen (secondary N) is 1. The largest absolute Gasteiger partial charge is 0.310 e. The van der Waals surface area contributed by atoms with Crippen LogP contribution in [-0.2, 0) is 6.42 Å². The minimum Gasteiger partial charge on any atom is -0.310 e. The molecule has 2 aromatic carbocycles. The third-order valence-electron chi connectivity index (χ3n) is 3.22. The molecule has 112 valence electrons. The molecule has 1 atom stereocenters. The van der Waals surface area contributed by atoms with Gasteiger partial charge >= 0.3 is 0 Å². The van der Waals surface area contributed by atoms with Crippen molar-refractivity contribution in [2.75, 3.05) is 6.54 Å². The molecule has 0 spiro atoms. The van der Waals surface area contributed by atoms with Crippen LogP contribution in [0.15, 0.2) is 40.9 Å². The molecule has 2 aromatic rings. The highest BCUT2D eigenvalue weighted by molar-refractivity contribution is 9.10. The Morgan fingerprint density at radius 3 is 2.43 bits per heavy atom. The highest BCUT2D eigenvalue weighted by atomic mass is 79.9. The van der Waals surface area contributed by atoms with E-state index >= 15 is 0 Å². The number of halogens is 4. The standard InChI is InChI=1S/C16H15BrClF2N/c1-10(15-3-2-12(17)8-16(15)18)21-5-4-11-6-13(19)9-14(20)7-11/h2-3,6-10,21H,4-5H2,1H3. The van der Waals surface area contributed by atoms with Gasteiger partial charge in [0.05, 0.1) is 0 Å². The predicted molar refractivity (Wildman–Crippen MR) is 85.6 cm³/mol. The molecular weight excluding hydrogens is 360 g/mol. The Morgan fingerprint density at radius 1 is 1.14 bits per heavy atom. The lowest BCUT2D eigenvalue weighted by Crippen LogP contribution is -2.21. The van der Waals surface area contributed by atoms with Gasteiger partial charge in [0.2, 0.25) is 0 Å². The second-order valence-corrected chi connectivity index (χ2v) is 6.19. The summed E-state index contributed by atoms with van der Waals surface area (Å²) in [6, 6.07) is 9.36. The Hall–Kier alpha value is -0.970. The lowest BCUT2D eigenvalue weighted by atomic mass is 10.1. The van der Waals surface area contributed by atoms with E-state index in [-0.39, 0.29) is 6.04 Å². The molecule has 1 unspecified atom stereocenters. The van der Waals surface area contributed by atoms with Gasteiger partial charge in [0.25, 0.3) is 0 Å². The number of rotatable bonds is 5. The average molecular weight is 375 g/mol. The van der Waals surface area contributed by atoms with Gasteiger partial charge < -0.3 is 5.32 Å². The fourth-order valence-electron chi connectivity index (χ4n) is 2.15. The lowest BCUT2D eigenvalue weighted by molar-refractivity contribution is 0.563. The van der Waals surface area contributed by atoms with Gasteiger partial charge in [-0.15, -0.1) is 0 Å². The first kappa shape index (κ1) is 16.4. The van der Waals surface area contributed by atoms with Crippen LogP contribution in [0.4, 0.5) is 8.78 Å². The van der Waals surface area contributed by atoms with E-state index in [1.807, 2.05) is 25.1 Å². The van der Waals surface area contributed by atoms with Gasteiger partial charge in [0, 0.05) is 21.6 Å². The molecular formula is C16H15BrClF2N. The normalized spacial score (nSPS) is 12.4. The number of benzene rings is 2. The fourth-order valence-corrected chi connectivity index (χ4v) is 2.99. The second kappa shape index (κ2) is 7.34. The minimum absolute atomic E-state index is 0.0593. The maximum atomic E-state index is 13.1. The molecule has 0 radical (unpaired) electrons. The van der Waals surface area contributed by atoms with Crippen LogP contribution in [0.25, 0.3) is 0 Å². The molecule has 0 aliphatic carbocycles. The Labute approximate surface area is 136 Å². The van der Waals surface area contributed by atoms with Crippen molar-refractivity contribution in [2.24, 2.45) is 0 Å². The molecule has 0 bridgehead atoms. The van der Waals surface area contributed by atoms with Crippen LogP contribution in [0.5, 0.6) is 0 Å². The average Bonchev–Trinajstić information content (AvgIpc) is 2.37. The first-order valence-corrected chi connectivity index (χ1v) is 7.76. The molecule has 2 rings (SSSR count). The van der Waals surface area contributed by atoms with E-state index in [2.05, 4.69) is 21.2 Å². The van der Waals surface area contributed by atoms with E-state index in [1.165, 1.54) is 12.1 Å². The van der Waals surface area contributed by atoms with Crippen molar-refractivity contribution in [3.8, 4) is 0 Å². The SMILES string of the molecule is CC(NCCc1cc(F)cc(F)c1)c1ccc(Br)cc1Cl. The molecule has 0 amide bonds. The molecule has 1 N–H and O–H groups in total. The zero-order chi connectivity index (χ0) is 15.4. The zero-order valence-corrected chi connectivity index (χ0v) is 13.8. The summed E-state index contributed by atoms with van der Waals surface area (Å²) in [6.07, 6.45) is 0.549. The Balaban J connectivity index is 1.93. The summed E-state index contributed by atoms with van der Waals surface area (Å²) < 4.78 is 27.1. The van der Waals surface area contributed by atoms with Crippen molar-refractivity contribution < 1.29 is 8.78 Å². The number of hydrogen-bond acceptors (Lipinski definition) is 1. The number of hydrogen-bond donors (Lipinski definition) is 1. The van der Waals surface area contributed by atoms with Crippen molar-refractivity contribution >= 4 is 27.5 Å². The van der Waals surface area contributed by atoms with E-state index in [0.717, 1.165) is 16.1 Å². The van der Waals surface area contributed by atoms with Crippen LogP contribution < -0.4 is 5.32 Å². The highest BCUT2D eigenvalue weighted by Crippen LogP contribution is 2.26. The molecule has 0 aromatic heterocycles. The van der Waals surface area contributed by atoms with Crippen molar-refractivity contribution in [3.63, 3.8) is 0 Å². The third kappa shape index (κ3) is 4.77. The van der Waals surface area contributed by atoms with E-state index in [0.29, 0.717) is 23.6 Å². The molecule has 0 saturated heterocycles. The molecule has 0 saturated carbocycles. The fraction of sp³-hybridized carbons (Fsp3) is 0.250. The molecule has 0 aliphatic heterocycles. The Bertz CT molecular complexity index is 613. The second-order valence-electron chi connectivity index (χ2n) is 4.87. The monoisotopic (exact) mass is 373 g/mol. The Kier molecular flexibility index (Phi) is 5.73. The minimum atomic E-state index is -0.547. The third-order valence-corrected chi connectivity index (χ3v) is 4.04. The summed E-state index contributed by atoms with van der Waals surface area (Å²) >= 11 is 9.56. The van der Waals surface area contributed by atoms with E-state index in [9.17, 15) is 8.78 Å². The first-order chi connectivity index (χ1) is 9.95. The van der Waals surface area contributed by atoms with Crippen molar-refractivity contribution in [3.05, 3.63) is 68.7 Å². The summed E-state index contributed by atoms with van der Waals surface area (Å²) in [5.74, 6) is -1.09. The van der Waals surface area contributed by atoms with Crippen LogP contribution in [0.3, 0.4) is 0 Å². The molecule has 21 heavy (non-hydrogen) atoms. The first-order valence-electron chi connectivity index (χ1n) is 6.59. The van der Waals surface area contributed by atoms with Gasteiger partial charge in [-0.05, 0) is 55.3 Å². The topological polar surface area (TPSA) is 12.0 Å². The van der Waals surface area contributed by atoms with Crippen LogP contribution in [0, 0.1) is 11.6 Å². The summed E-state index contributed by atoms with van der Waals surface area (Å²) in [6.45, 7) is 2.61. The molecule has 0 fully saturated rings. The van der Waals surface area contributed by atoms with Crippen molar-refractivity contribution in [1.82, 2.24) is 5.32 Å². The maximum Gasteiger partial charge on any atom is 0.126 e. The Morgan fingerprint density at radius 2 is 1.81 bits per heavy atom. The van der Waals surface area contributed by atoms with Crippen LogP contribution in [0.1, 0.15) is 24.1 Å². The zero-order valence-electron chi connectivity index (χ0n) is 11.5. The molecule has 1 nitrogen and oxygen atoms in total.